The normalized spacial score (nSPS) is 12.0. The maximum Gasteiger partial charge on any atom is 0.109 e. The summed E-state index contributed by atoms with van der Waals surface area (Å²) in [5.41, 5.74) is 0. The molecule has 0 heterocycles. The lowest BCUT2D eigenvalue weighted by Gasteiger charge is -1.81. The van der Waals surface area contributed by atoms with Crippen molar-refractivity contribution in [1.29, 1.82) is 0 Å². The van der Waals surface area contributed by atoms with Crippen LogP contribution < -0.4 is 0 Å². The summed E-state index contributed by atoms with van der Waals surface area (Å²) >= 11 is 1.42. The SMILES string of the molecule is CS/C(C)=N\O. The van der Waals surface area contributed by atoms with Gasteiger partial charge in [-0.3, -0.25) is 0 Å². The molecule has 0 unspecified atom stereocenters. The second-order valence-electron chi connectivity index (χ2n) is 0.823. The van der Waals surface area contributed by atoms with E-state index in [1.165, 1.54) is 11.8 Å². The fourth-order valence-corrected chi connectivity index (χ4v) is 0.122. The fraction of sp³-hybridized carbons (Fsp3) is 0.667. The standard InChI is InChI=1S/C3H7NOS/c1-3(4-5)6-2/h5H,1-2H3/b4-3-. The highest BCUT2D eigenvalue weighted by atomic mass is 32.2. The highest BCUT2D eigenvalue weighted by molar-refractivity contribution is 8.13. The molecule has 0 atom stereocenters. The van der Waals surface area contributed by atoms with Gasteiger partial charge in [0.25, 0.3) is 0 Å². The van der Waals surface area contributed by atoms with Gasteiger partial charge >= 0.3 is 0 Å². The molecule has 1 N–H and O–H groups in total. The van der Waals surface area contributed by atoms with Crippen LogP contribution in [0.5, 0.6) is 0 Å². The van der Waals surface area contributed by atoms with E-state index in [2.05, 4.69) is 5.16 Å². The van der Waals surface area contributed by atoms with Crippen LogP contribution in [0.15, 0.2) is 5.16 Å². The second-order valence-corrected chi connectivity index (χ2v) is 1.82. The Morgan fingerprint density at radius 3 is 2.33 bits per heavy atom. The molecule has 0 amide bonds. The minimum absolute atomic E-state index is 0.690. The van der Waals surface area contributed by atoms with E-state index in [1.807, 2.05) is 6.26 Å². The van der Waals surface area contributed by atoms with E-state index in [-0.39, 0.29) is 0 Å². The van der Waals surface area contributed by atoms with E-state index in [1.54, 1.807) is 6.92 Å². The van der Waals surface area contributed by atoms with Gasteiger partial charge in [0.2, 0.25) is 0 Å². The number of oxime groups is 1. The Hall–Kier alpha value is -0.180. The number of hydrogen-bond acceptors (Lipinski definition) is 3. The molecule has 0 radical (unpaired) electrons. The van der Waals surface area contributed by atoms with Gasteiger partial charge < -0.3 is 5.21 Å². The van der Waals surface area contributed by atoms with Gasteiger partial charge in [0, 0.05) is 0 Å². The molecule has 0 saturated heterocycles. The first-order valence-corrected chi connectivity index (χ1v) is 2.76. The van der Waals surface area contributed by atoms with E-state index < -0.39 is 0 Å². The molecule has 0 spiro atoms. The highest BCUT2D eigenvalue weighted by Crippen LogP contribution is 1.92. The quantitative estimate of drug-likeness (QED) is 0.217. The van der Waals surface area contributed by atoms with Crippen molar-refractivity contribution >= 4 is 16.8 Å². The molecule has 0 aromatic heterocycles. The van der Waals surface area contributed by atoms with Crippen molar-refractivity contribution in [3.8, 4) is 0 Å². The average molecular weight is 105 g/mol. The number of nitrogens with zero attached hydrogens (tertiary/aromatic N) is 1. The zero-order valence-corrected chi connectivity index (χ0v) is 4.62. The lowest BCUT2D eigenvalue weighted by atomic mass is 10.9. The molecular formula is C3H7NOS. The van der Waals surface area contributed by atoms with Crippen LogP contribution in [0.25, 0.3) is 0 Å². The van der Waals surface area contributed by atoms with Crippen molar-refractivity contribution in [3.05, 3.63) is 0 Å². The van der Waals surface area contributed by atoms with Crippen molar-refractivity contribution in [1.82, 2.24) is 0 Å². The lowest BCUT2D eigenvalue weighted by molar-refractivity contribution is 0.320. The summed E-state index contributed by atoms with van der Waals surface area (Å²) in [6.07, 6.45) is 1.86. The van der Waals surface area contributed by atoms with Crippen molar-refractivity contribution in [2.45, 2.75) is 6.92 Å². The van der Waals surface area contributed by atoms with Crippen LogP contribution in [0.2, 0.25) is 0 Å². The van der Waals surface area contributed by atoms with Crippen LogP contribution in [-0.2, 0) is 0 Å². The van der Waals surface area contributed by atoms with Gasteiger partial charge in [0.1, 0.15) is 5.04 Å². The number of thioether (sulfide) groups is 1. The molecule has 6 heavy (non-hydrogen) atoms. The van der Waals surface area contributed by atoms with Crippen LogP contribution in [0, 0.1) is 0 Å². The molecule has 36 valence electrons. The van der Waals surface area contributed by atoms with Gasteiger partial charge in [-0.25, -0.2) is 0 Å². The molecular weight excluding hydrogens is 98.1 g/mol. The first kappa shape index (κ1) is 5.82. The molecule has 3 heteroatoms. The van der Waals surface area contributed by atoms with E-state index in [0.29, 0.717) is 5.04 Å². The van der Waals surface area contributed by atoms with Gasteiger partial charge in [0.15, 0.2) is 0 Å². The van der Waals surface area contributed by atoms with Crippen LogP contribution in [0.1, 0.15) is 6.92 Å². The summed E-state index contributed by atoms with van der Waals surface area (Å²) in [5.74, 6) is 0. The Bertz CT molecular complexity index is 61.8. The summed E-state index contributed by atoms with van der Waals surface area (Å²) in [6.45, 7) is 1.74. The van der Waals surface area contributed by atoms with Crippen molar-refractivity contribution < 1.29 is 5.21 Å². The van der Waals surface area contributed by atoms with E-state index in [4.69, 9.17) is 5.21 Å². The Kier molecular flexibility index (Phi) is 2.94. The molecule has 0 aliphatic heterocycles. The third-order valence-electron chi connectivity index (χ3n) is 0.436. The van der Waals surface area contributed by atoms with Crippen LogP contribution in [-0.4, -0.2) is 16.5 Å². The molecule has 0 aromatic rings. The summed E-state index contributed by atoms with van der Waals surface area (Å²) in [4.78, 5) is 0. The minimum atomic E-state index is 0.690. The van der Waals surface area contributed by atoms with Gasteiger partial charge in [-0.05, 0) is 13.2 Å². The van der Waals surface area contributed by atoms with Crippen molar-refractivity contribution in [2.75, 3.05) is 6.26 Å². The predicted octanol–water partition coefficient (Wildman–Crippen LogP) is 1.16. The maximum absolute atomic E-state index is 7.90. The predicted molar refractivity (Wildman–Crippen MR) is 28.4 cm³/mol. The zero-order chi connectivity index (χ0) is 4.99. The Morgan fingerprint density at radius 1 is 1.83 bits per heavy atom. The number of rotatable bonds is 0. The maximum atomic E-state index is 7.90. The Labute approximate surface area is 41.2 Å². The average Bonchev–Trinajstić information content (AvgIpc) is 1.65. The topological polar surface area (TPSA) is 32.6 Å². The molecule has 0 aliphatic carbocycles. The first-order chi connectivity index (χ1) is 2.81. The van der Waals surface area contributed by atoms with Gasteiger partial charge in [-0.2, -0.15) is 0 Å². The smallest absolute Gasteiger partial charge is 0.109 e. The molecule has 2 nitrogen and oxygen atoms in total. The monoisotopic (exact) mass is 105 g/mol. The largest absolute Gasteiger partial charge is 0.410 e. The highest BCUT2D eigenvalue weighted by Gasteiger charge is 1.78. The summed E-state index contributed by atoms with van der Waals surface area (Å²) < 4.78 is 0. The summed E-state index contributed by atoms with van der Waals surface area (Å²) in [7, 11) is 0. The molecule has 0 bridgehead atoms. The molecule has 0 saturated carbocycles. The lowest BCUT2D eigenvalue weighted by Crippen LogP contribution is -1.76. The van der Waals surface area contributed by atoms with Crippen molar-refractivity contribution in [3.63, 3.8) is 0 Å². The third-order valence-corrected chi connectivity index (χ3v) is 1.11. The molecule has 0 rings (SSSR count). The van der Waals surface area contributed by atoms with Crippen LogP contribution >= 0.6 is 11.8 Å². The van der Waals surface area contributed by atoms with E-state index in [0.717, 1.165) is 0 Å². The third kappa shape index (κ3) is 2.08. The second kappa shape index (κ2) is 3.03. The van der Waals surface area contributed by atoms with Crippen LogP contribution in [0.4, 0.5) is 0 Å². The van der Waals surface area contributed by atoms with Crippen LogP contribution in [0.3, 0.4) is 0 Å². The summed E-state index contributed by atoms with van der Waals surface area (Å²) in [5, 5.41) is 11.5. The zero-order valence-electron chi connectivity index (χ0n) is 3.80. The fourth-order valence-electron chi connectivity index (χ4n) is 0.0408. The van der Waals surface area contributed by atoms with Gasteiger partial charge in [0.05, 0.1) is 0 Å². The molecule has 0 aromatic carbocycles. The minimum Gasteiger partial charge on any atom is -0.410 e. The Morgan fingerprint density at radius 2 is 2.33 bits per heavy atom. The van der Waals surface area contributed by atoms with E-state index in [9.17, 15) is 0 Å². The molecule has 0 fully saturated rings. The first-order valence-electron chi connectivity index (χ1n) is 1.54. The number of hydrogen-bond donors (Lipinski definition) is 1. The van der Waals surface area contributed by atoms with Crippen molar-refractivity contribution in [2.24, 2.45) is 5.16 Å². The molecule has 0 aliphatic rings. The van der Waals surface area contributed by atoms with E-state index >= 15 is 0 Å². The summed E-state index contributed by atoms with van der Waals surface area (Å²) in [6, 6.07) is 0. The van der Waals surface area contributed by atoms with Gasteiger partial charge in [-0.1, -0.05) is 5.16 Å². The Balaban J connectivity index is 3.22. The van der Waals surface area contributed by atoms with Gasteiger partial charge in [-0.15, -0.1) is 11.8 Å².